The molecule has 2 aromatic rings. The zero-order valence-electron chi connectivity index (χ0n) is 13.2. The minimum absolute atomic E-state index is 0.0282. The summed E-state index contributed by atoms with van der Waals surface area (Å²) in [5, 5.41) is 2.16. The van der Waals surface area contributed by atoms with Crippen LogP contribution in [-0.4, -0.2) is 30.5 Å². The fourth-order valence-corrected chi connectivity index (χ4v) is 4.94. The molecule has 0 N–H and O–H groups in total. The Hall–Kier alpha value is -1.59. The van der Waals surface area contributed by atoms with Gasteiger partial charge in [-0.1, -0.05) is 12.8 Å². The third-order valence-electron chi connectivity index (χ3n) is 4.97. The fraction of sp³-hybridized carbons (Fsp3) is 0.500. The normalized spacial score (nSPS) is 26.4. The number of nitrogens with zero attached hydrogens (tertiary/aromatic N) is 1. The summed E-state index contributed by atoms with van der Waals surface area (Å²) in [6.07, 6.45) is 6.72. The lowest BCUT2D eigenvalue weighted by Crippen LogP contribution is -2.38. The Kier molecular flexibility index (Phi) is 3.99. The Bertz CT molecular complexity index is 678. The van der Waals surface area contributed by atoms with E-state index in [0.717, 1.165) is 6.42 Å². The van der Waals surface area contributed by atoms with E-state index >= 15 is 0 Å². The van der Waals surface area contributed by atoms with Crippen molar-refractivity contribution in [3.8, 4) is 0 Å². The number of carbonyl (C=O) groups excluding carboxylic acids is 1. The first kappa shape index (κ1) is 15.0. The minimum Gasteiger partial charge on any atom is -0.459 e. The van der Waals surface area contributed by atoms with Crippen LogP contribution < -0.4 is 0 Å². The molecule has 3 atom stereocenters. The average molecular weight is 331 g/mol. The van der Waals surface area contributed by atoms with Crippen molar-refractivity contribution in [2.75, 3.05) is 13.6 Å². The number of carbonyl (C=O) groups is 1. The molecule has 3 heterocycles. The maximum atomic E-state index is 12.4. The molecule has 0 spiro atoms. The largest absolute Gasteiger partial charge is 0.459 e. The smallest absolute Gasteiger partial charge is 0.289 e. The van der Waals surface area contributed by atoms with Crippen molar-refractivity contribution in [2.45, 2.75) is 43.8 Å². The van der Waals surface area contributed by atoms with Crippen molar-refractivity contribution in [3.63, 3.8) is 0 Å². The zero-order valence-corrected chi connectivity index (χ0v) is 14.1. The van der Waals surface area contributed by atoms with Gasteiger partial charge >= 0.3 is 0 Å². The number of amides is 1. The number of hydrogen-bond donors (Lipinski definition) is 0. The van der Waals surface area contributed by atoms with Gasteiger partial charge in [-0.25, -0.2) is 0 Å². The third-order valence-corrected chi connectivity index (χ3v) is 6.04. The monoisotopic (exact) mass is 331 g/mol. The number of rotatable bonds is 3. The van der Waals surface area contributed by atoms with E-state index < -0.39 is 0 Å². The van der Waals surface area contributed by atoms with Gasteiger partial charge in [0.15, 0.2) is 5.76 Å². The van der Waals surface area contributed by atoms with Crippen LogP contribution in [0.2, 0.25) is 0 Å². The molecule has 0 unspecified atom stereocenters. The molecule has 5 heteroatoms. The number of furan rings is 1. The maximum Gasteiger partial charge on any atom is 0.289 e. The number of ether oxygens (including phenoxy) is 1. The molecule has 1 amide bonds. The maximum absolute atomic E-state index is 12.4. The molecular weight excluding hydrogens is 310 g/mol. The second kappa shape index (κ2) is 6.13. The van der Waals surface area contributed by atoms with Crippen LogP contribution in [0.3, 0.4) is 0 Å². The molecule has 0 radical (unpaired) electrons. The van der Waals surface area contributed by atoms with E-state index in [-0.39, 0.29) is 12.0 Å². The molecule has 0 bridgehead atoms. The molecule has 122 valence electrons. The Labute approximate surface area is 140 Å². The van der Waals surface area contributed by atoms with Crippen molar-refractivity contribution in [1.82, 2.24) is 4.90 Å². The van der Waals surface area contributed by atoms with Gasteiger partial charge in [0.2, 0.25) is 0 Å². The summed E-state index contributed by atoms with van der Waals surface area (Å²) in [5.74, 6) is 0.839. The van der Waals surface area contributed by atoms with Crippen molar-refractivity contribution < 1.29 is 13.9 Å². The Balaban J connectivity index is 1.54. The zero-order chi connectivity index (χ0) is 15.8. The van der Waals surface area contributed by atoms with Crippen molar-refractivity contribution in [1.29, 1.82) is 0 Å². The standard InChI is InChI=1S/C18H21NO3S/c1-19(18(20)15-7-4-9-21-15)11-16-13-8-10-23-17(13)12-5-2-3-6-14(12)22-16/h4,7-10,12,14,16H,2-3,5-6,11H2,1H3/t12-,14+,16+/m0/s1. The number of hydrogen-bond acceptors (Lipinski definition) is 4. The number of likely N-dealkylation sites (N-methyl/N-ethyl adjacent to an activating group) is 1. The van der Waals surface area contributed by atoms with Crippen LogP contribution in [0.5, 0.6) is 0 Å². The molecule has 1 saturated carbocycles. The molecule has 2 aromatic heterocycles. The summed E-state index contributed by atoms with van der Waals surface area (Å²) in [6.45, 7) is 0.562. The van der Waals surface area contributed by atoms with Gasteiger partial charge in [0.25, 0.3) is 5.91 Å². The molecule has 0 aromatic carbocycles. The molecule has 0 saturated heterocycles. The molecule has 1 fully saturated rings. The van der Waals surface area contributed by atoms with Gasteiger partial charge < -0.3 is 14.1 Å². The van der Waals surface area contributed by atoms with Gasteiger partial charge in [0.1, 0.15) is 6.10 Å². The van der Waals surface area contributed by atoms with E-state index in [1.54, 1.807) is 17.0 Å². The van der Waals surface area contributed by atoms with Crippen LogP contribution >= 0.6 is 11.3 Å². The van der Waals surface area contributed by atoms with Crippen LogP contribution in [-0.2, 0) is 4.74 Å². The highest BCUT2D eigenvalue weighted by atomic mass is 32.1. The van der Waals surface area contributed by atoms with E-state index in [4.69, 9.17) is 9.15 Å². The quantitative estimate of drug-likeness (QED) is 0.846. The SMILES string of the molecule is CN(C[C@H]1O[C@@H]2CCCC[C@@H]2c2sccc21)C(=O)c1ccco1. The summed E-state index contributed by atoms with van der Waals surface area (Å²) >= 11 is 1.85. The highest BCUT2D eigenvalue weighted by molar-refractivity contribution is 7.10. The van der Waals surface area contributed by atoms with Crippen LogP contribution in [0.1, 0.15) is 58.7 Å². The summed E-state index contributed by atoms with van der Waals surface area (Å²) in [4.78, 5) is 15.6. The number of fused-ring (bicyclic) bond motifs is 3. The van der Waals surface area contributed by atoms with Gasteiger partial charge in [-0.2, -0.15) is 0 Å². The van der Waals surface area contributed by atoms with E-state index in [1.165, 1.54) is 36.0 Å². The predicted octanol–water partition coefficient (Wildman–Crippen LogP) is 4.21. The molecule has 4 rings (SSSR count). The summed E-state index contributed by atoms with van der Waals surface area (Å²) in [5.41, 5.74) is 1.28. The molecule has 1 aliphatic heterocycles. The van der Waals surface area contributed by atoms with Crippen LogP contribution in [0.4, 0.5) is 0 Å². The second-order valence-electron chi connectivity index (χ2n) is 6.46. The van der Waals surface area contributed by atoms with Crippen molar-refractivity contribution >= 4 is 17.2 Å². The summed E-state index contributed by atoms with van der Waals surface area (Å²) in [6, 6.07) is 5.61. The lowest BCUT2D eigenvalue weighted by molar-refractivity contribution is -0.0636. The van der Waals surface area contributed by atoms with Gasteiger partial charge in [-0.15, -0.1) is 11.3 Å². The Morgan fingerprint density at radius 2 is 2.22 bits per heavy atom. The molecule has 23 heavy (non-hydrogen) atoms. The third kappa shape index (κ3) is 2.72. The first-order valence-electron chi connectivity index (χ1n) is 8.26. The molecule has 4 nitrogen and oxygen atoms in total. The van der Waals surface area contributed by atoms with Crippen LogP contribution in [0.25, 0.3) is 0 Å². The van der Waals surface area contributed by atoms with Crippen LogP contribution in [0.15, 0.2) is 34.3 Å². The van der Waals surface area contributed by atoms with Crippen LogP contribution in [0, 0.1) is 0 Å². The van der Waals surface area contributed by atoms with Gasteiger partial charge in [0.05, 0.1) is 18.9 Å². The topological polar surface area (TPSA) is 42.7 Å². The van der Waals surface area contributed by atoms with E-state index in [2.05, 4.69) is 11.4 Å². The Morgan fingerprint density at radius 1 is 1.35 bits per heavy atom. The highest BCUT2D eigenvalue weighted by Crippen LogP contribution is 2.47. The lowest BCUT2D eigenvalue weighted by Gasteiger charge is -2.40. The molecule has 2 aliphatic rings. The fourth-order valence-electron chi connectivity index (χ4n) is 3.80. The first-order valence-corrected chi connectivity index (χ1v) is 9.13. The van der Waals surface area contributed by atoms with E-state index in [0.29, 0.717) is 24.3 Å². The van der Waals surface area contributed by atoms with E-state index in [1.807, 2.05) is 18.4 Å². The van der Waals surface area contributed by atoms with Crippen molar-refractivity contribution in [2.24, 2.45) is 0 Å². The van der Waals surface area contributed by atoms with Gasteiger partial charge in [-0.3, -0.25) is 4.79 Å². The highest BCUT2D eigenvalue weighted by Gasteiger charge is 2.38. The first-order chi connectivity index (χ1) is 11.2. The molecular formula is C18H21NO3S. The molecule has 1 aliphatic carbocycles. The Morgan fingerprint density at radius 3 is 3.04 bits per heavy atom. The predicted molar refractivity (Wildman–Crippen MR) is 88.8 cm³/mol. The summed E-state index contributed by atoms with van der Waals surface area (Å²) in [7, 11) is 1.81. The van der Waals surface area contributed by atoms with E-state index in [9.17, 15) is 4.79 Å². The minimum atomic E-state index is -0.0962. The average Bonchev–Trinajstić information content (AvgIpc) is 3.26. The summed E-state index contributed by atoms with van der Waals surface area (Å²) < 4.78 is 11.6. The lowest BCUT2D eigenvalue weighted by atomic mass is 9.81. The number of thiophene rings is 1. The van der Waals surface area contributed by atoms with Gasteiger partial charge in [-0.05, 0) is 42.0 Å². The second-order valence-corrected chi connectivity index (χ2v) is 7.40. The van der Waals surface area contributed by atoms with Crippen molar-refractivity contribution in [3.05, 3.63) is 46.0 Å². The van der Waals surface area contributed by atoms with Gasteiger partial charge in [0, 0.05) is 17.8 Å².